The summed E-state index contributed by atoms with van der Waals surface area (Å²) in [5.74, 6) is 0.891. The molecule has 2 unspecified atom stereocenters. The molecule has 2 atom stereocenters. The van der Waals surface area contributed by atoms with Crippen molar-refractivity contribution >= 4 is 0 Å². The molecule has 0 fully saturated rings. The Kier molecular flexibility index (Phi) is 4.40. The maximum absolute atomic E-state index is 9.30. The number of benzene rings is 1. The highest BCUT2D eigenvalue weighted by Crippen LogP contribution is 2.42. The molecule has 1 aromatic rings. The van der Waals surface area contributed by atoms with Crippen LogP contribution in [0.25, 0.3) is 0 Å². The second-order valence-corrected chi connectivity index (χ2v) is 5.07. The normalized spacial score (nSPS) is 16.8. The molecule has 1 N–H and O–H groups in total. The molecule has 0 heterocycles. The molecule has 0 saturated heterocycles. The molecular formula is C15H24O. The van der Waals surface area contributed by atoms with Crippen molar-refractivity contribution in [1.82, 2.24) is 0 Å². The summed E-state index contributed by atoms with van der Waals surface area (Å²) in [6.45, 7) is 9.18. The van der Waals surface area contributed by atoms with Crippen LogP contribution in [0.3, 0.4) is 0 Å². The fourth-order valence-corrected chi connectivity index (χ4v) is 2.44. The van der Waals surface area contributed by atoms with Gasteiger partial charge in [0.2, 0.25) is 0 Å². The molecule has 0 aliphatic carbocycles. The van der Waals surface area contributed by atoms with Gasteiger partial charge in [-0.25, -0.2) is 0 Å². The Bertz CT molecular complexity index is 315. The number of hydrogen-bond donors (Lipinski definition) is 1. The van der Waals surface area contributed by atoms with Crippen molar-refractivity contribution in [2.75, 3.05) is 0 Å². The van der Waals surface area contributed by atoms with Gasteiger partial charge in [0.25, 0.3) is 0 Å². The first-order valence-electron chi connectivity index (χ1n) is 6.32. The molecule has 1 rings (SSSR count). The van der Waals surface area contributed by atoms with Gasteiger partial charge in [-0.15, -0.1) is 0 Å². The number of aromatic hydroxyl groups is 1. The van der Waals surface area contributed by atoms with Crippen molar-refractivity contribution in [2.45, 2.75) is 52.9 Å². The Morgan fingerprint density at radius 1 is 1.19 bits per heavy atom. The third-order valence-electron chi connectivity index (χ3n) is 4.07. The quantitative estimate of drug-likeness (QED) is 0.761. The van der Waals surface area contributed by atoms with E-state index >= 15 is 0 Å². The van der Waals surface area contributed by atoms with Gasteiger partial charge in [-0.05, 0) is 35.4 Å². The average molecular weight is 220 g/mol. The average Bonchev–Trinajstić information content (AvgIpc) is 2.29. The van der Waals surface area contributed by atoms with Crippen molar-refractivity contribution in [2.24, 2.45) is 5.41 Å². The predicted molar refractivity (Wildman–Crippen MR) is 69.8 cm³/mol. The van der Waals surface area contributed by atoms with Gasteiger partial charge in [-0.1, -0.05) is 52.7 Å². The minimum Gasteiger partial charge on any atom is -0.508 e. The summed E-state index contributed by atoms with van der Waals surface area (Å²) in [5, 5.41) is 9.30. The molecule has 0 aliphatic heterocycles. The van der Waals surface area contributed by atoms with Crippen LogP contribution < -0.4 is 0 Å². The van der Waals surface area contributed by atoms with Crippen LogP contribution in [0, 0.1) is 5.41 Å². The van der Waals surface area contributed by atoms with Crippen molar-refractivity contribution in [3.63, 3.8) is 0 Å². The van der Waals surface area contributed by atoms with Gasteiger partial charge in [-0.3, -0.25) is 0 Å². The summed E-state index contributed by atoms with van der Waals surface area (Å²) >= 11 is 0. The minimum atomic E-state index is 0.352. The van der Waals surface area contributed by atoms with E-state index in [2.05, 4.69) is 27.7 Å². The monoisotopic (exact) mass is 220 g/mol. The third kappa shape index (κ3) is 2.78. The molecule has 16 heavy (non-hydrogen) atoms. The largest absolute Gasteiger partial charge is 0.508 e. The highest BCUT2D eigenvalue weighted by molar-refractivity contribution is 5.29. The first kappa shape index (κ1) is 13.1. The fourth-order valence-electron chi connectivity index (χ4n) is 2.44. The number of rotatable bonds is 5. The predicted octanol–water partition coefficient (Wildman–Crippen LogP) is 4.71. The first-order chi connectivity index (χ1) is 7.53. The van der Waals surface area contributed by atoms with Crippen LogP contribution in [0.2, 0.25) is 0 Å². The topological polar surface area (TPSA) is 20.2 Å². The Morgan fingerprint density at radius 2 is 1.75 bits per heavy atom. The molecule has 0 bridgehead atoms. The van der Waals surface area contributed by atoms with Gasteiger partial charge in [0.1, 0.15) is 5.75 Å². The number of phenols is 1. The molecule has 1 nitrogen and oxygen atoms in total. The van der Waals surface area contributed by atoms with Gasteiger partial charge < -0.3 is 5.11 Å². The van der Waals surface area contributed by atoms with Crippen molar-refractivity contribution in [1.29, 1.82) is 0 Å². The van der Waals surface area contributed by atoms with Gasteiger partial charge in [0, 0.05) is 0 Å². The van der Waals surface area contributed by atoms with E-state index in [1.54, 1.807) is 12.1 Å². The maximum atomic E-state index is 9.30. The lowest BCUT2D eigenvalue weighted by Gasteiger charge is -2.35. The van der Waals surface area contributed by atoms with Crippen molar-refractivity contribution < 1.29 is 5.11 Å². The van der Waals surface area contributed by atoms with Crippen LogP contribution in [-0.4, -0.2) is 5.11 Å². The maximum Gasteiger partial charge on any atom is 0.115 e. The van der Waals surface area contributed by atoms with Gasteiger partial charge in [-0.2, -0.15) is 0 Å². The third-order valence-corrected chi connectivity index (χ3v) is 4.07. The van der Waals surface area contributed by atoms with E-state index in [9.17, 15) is 5.11 Å². The van der Waals surface area contributed by atoms with Gasteiger partial charge >= 0.3 is 0 Å². The van der Waals surface area contributed by atoms with E-state index in [4.69, 9.17) is 0 Å². The van der Waals surface area contributed by atoms with E-state index in [-0.39, 0.29) is 0 Å². The van der Waals surface area contributed by atoms with Crippen LogP contribution in [-0.2, 0) is 0 Å². The van der Waals surface area contributed by atoms with E-state index in [0.717, 1.165) is 0 Å². The standard InChI is InChI=1S/C15H24O/c1-5-11-15(4,6-2)12(3)13-7-9-14(16)10-8-13/h7-10,12,16H,5-6,11H2,1-4H3. The summed E-state index contributed by atoms with van der Waals surface area (Å²) in [6.07, 6.45) is 3.68. The summed E-state index contributed by atoms with van der Waals surface area (Å²) < 4.78 is 0. The fraction of sp³-hybridized carbons (Fsp3) is 0.600. The van der Waals surface area contributed by atoms with Crippen LogP contribution in [0.1, 0.15) is 58.4 Å². The second kappa shape index (κ2) is 5.38. The lowest BCUT2D eigenvalue weighted by atomic mass is 9.70. The first-order valence-corrected chi connectivity index (χ1v) is 6.32. The molecule has 1 heteroatoms. The molecule has 0 amide bonds. The highest BCUT2D eigenvalue weighted by Gasteiger charge is 2.29. The van der Waals surface area contributed by atoms with Gasteiger partial charge in [0.15, 0.2) is 0 Å². The molecular weight excluding hydrogens is 196 g/mol. The van der Waals surface area contributed by atoms with E-state index in [1.807, 2.05) is 12.1 Å². The molecule has 90 valence electrons. The summed E-state index contributed by atoms with van der Waals surface area (Å²) in [4.78, 5) is 0. The van der Waals surface area contributed by atoms with Crippen LogP contribution in [0.15, 0.2) is 24.3 Å². The molecule has 0 aromatic heterocycles. The van der Waals surface area contributed by atoms with Crippen molar-refractivity contribution in [3.05, 3.63) is 29.8 Å². The summed E-state index contributed by atoms with van der Waals surface area (Å²) in [7, 11) is 0. The Hall–Kier alpha value is -0.980. The molecule has 0 spiro atoms. The van der Waals surface area contributed by atoms with Crippen molar-refractivity contribution in [3.8, 4) is 5.75 Å². The molecule has 1 aromatic carbocycles. The summed E-state index contributed by atoms with van der Waals surface area (Å²) in [6, 6.07) is 7.66. The zero-order valence-electron chi connectivity index (χ0n) is 11.0. The molecule has 0 radical (unpaired) electrons. The zero-order valence-corrected chi connectivity index (χ0v) is 11.0. The molecule has 0 aliphatic rings. The summed E-state index contributed by atoms with van der Waals surface area (Å²) in [5.41, 5.74) is 1.70. The van der Waals surface area contributed by atoms with E-state index < -0.39 is 0 Å². The Balaban J connectivity index is 2.90. The number of phenolic OH excluding ortho intramolecular Hbond substituents is 1. The second-order valence-electron chi connectivity index (χ2n) is 5.07. The number of hydrogen-bond acceptors (Lipinski definition) is 1. The zero-order chi connectivity index (χ0) is 12.2. The Morgan fingerprint density at radius 3 is 2.19 bits per heavy atom. The minimum absolute atomic E-state index is 0.352. The lowest BCUT2D eigenvalue weighted by Crippen LogP contribution is -2.22. The lowest BCUT2D eigenvalue weighted by molar-refractivity contribution is 0.230. The molecule has 0 saturated carbocycles. The van der Waals surface area contributed by atoms with Crippen LogP contribution in [0.5, 0.6) is 5.75 Å². The van der Waals surface area contributed by atoms with E-state index in [0.29, 0.717) is 17.1 Å². The van der Waals surface area contributed by atoms with Crippen LogP contribution in [0.4, 0.5) is 0 Å². The SMILES string of the molecule is CCCC(C)(CC)C(C)c1ccc(O)cc1. The smallest absolute Gasteiger partial charge is 0.115 e. The van der Waals surface area contributed by atoms with E-state index in [1.165, 1.54) is 24.8 Å². The highest BCUT2D eigenvalue weighted by atomic mass is 16.3. The Labute approximate surface area is 99.5 Å². The van der Waals surface area contributed by atoms with Gasteiger partial charge in [0.05, 0.1) is 0 Å². The van der Waals surface area contributed by atoms with Crippen LogP contribution >= 0.6 is 0 Å².